The molecule has 1 aromatic heterocycles. The molecule has 20 heavy (non-hydrogen) atoms. The van der Waals surface area contributed by atoms with Gasteiger partial charge in [0.1, 0.15) is 5.75 Å². The molecule has 0 saturated heterocycles. The van der Waals surface area contributed by atoms with Crippen LogP contribution in [0.2, 0.25) is 0 Å². The predicted octanol–water partition coefficient (Wildman–Crippen LogP) is 2.79. The smallest absolute Gasteiger partial charge is 0.119 e. The highest BCUT2D eigenvalue weighted by molar-refractivity contribution is 5.37. The van der Waals surface area contributed by atoms with Crippen molar-refractivity contribution in [3.63, 3.8) is 0 Å². The third-order valence-corrected chi connectivity index (χ3v) is 3.25. The van der Waals surface area contributed by atoms with E-state index in [1.807, 2.05) is 44.2 Å². The molecule has 0 aliphatic heterocycles. The zero-order valence-electron chi connectivity index (χ0n) is 12.3. The Bertz CT molecular complexity index is 566. The van der Waals surface area contributed by atoms with Crippen molar-refractivity contribution in [2.45, 2.75) is 33.2 Å². The molecule has 0 spiro atoms. The summed E-state index contributed by atoms with van der Waals surface area (Å²) in [5.41, 5.74) is 10.3. The third-order valence-electron chi connectivity index (χ3n) is 3.25. The van der Waals surface area contributed by atoms with Crippen LogP contribution in [0.5, 0.6) is 5.75 Å². The van der Waals surface area contributed by atoms with Gasteiger partial charge in [-0.1, -0.05) is 19.1 Å². The summed E-state index contributed by atoms with van der Waals surface area (Å²) >= 11 is 0. The SMILES string of the molecule is CCOc1ccc(C(N)c2cc(C)nnc2CC)cc1. The number of nitrogens with two attached hydrogens (primary N) is 1. The van der Waals surface area contributed by atoms with Crippen molar-refractivity contribution in [3.05, 3.63) is 52.8 Å². The Hall–Kier alpha value is -1.94. The fourth-order valence-corrected chi connectivity index (χ4v) is 2.20. The van der Waals surface area contributed by atoms with Crippen LogP contribution in [0.3, 0.4) is 0 Å². The summed E-state index contributed by atoms with van der Waals surface area (Å²) in [5.74, 6) is 0.864. The lowest BCUT2D eigenvalue weighted by atomic mass is 9.97. The second-order valence-electron chi connectivity index (χ2n) is 4.72. The van der Waals surface area contributed by atoms with Crippen molar-refractivity contribution in [3.8, 4) is 5.75 Å². The van der Waals surface area contributed by atoms with E-state index in [1.165, 1.54) is 0 Å². The molecule has 2 N–H and O–H groups in total. The number of nitrogens with zero attached hydrogens (tertiary/aromatic N) is 2. The van der Waals surface area contributed by atoms with Crippen LogP contribution in [0, 0.1) is 6.92 Å². The second-order valence-corrected chi connectivity index (χ2v) is 4.72. The summed E-state index contributed by atoms with van der Waals surface area (Å²) in [6, 6.07) is 9.75. The van der Waals surface area contributed by atoms with E-state index in [4.69, 9.17) is 10.5 Å². The fourth-order valence-electron chi connectivity index (χ4n) is 2.20. The first-order valence-corrected chi connectivity index (χ1v) is 6.97. The lowest BCUT2D eigenvalue weighted by molar-refractivity contribution is 0.340. The number of ether oxygens (including phenoxy) is 1. The van der Waals surface area contributed by atoms with E-state index in [0.717, 1.165) is 34.7 Å². The highest BCUT2D eigenvalue weighted by Gasteiger charge is 2.14. The van der Waals surface area contributed by atoms with Crippen LogP contribution >= 0.6 is 0 Å². The second kappa shape index (κ2) is 6.48. The number of rotatable bonds is 5. The Balaban J connectivity index is 2.30. The summed E-state index contributed by atoms with van der Waals surface area (Å²) in [5, 5.41) is 8.34. The predicted molar refractivity (Wildman–Crippen MR) is 79.8 cm³/mol. The molecule has 0 radical (unpaired) electrons. The van der Waals surface area contributed by atoms with Crippen molar-refractivity contribution >= 4 is 0 Å². The minimum Gasteiger partial charge on any atom is -0.494 e. The van der Waals surface area contributed by atoms with Crippen molar-refractivity contribution < 1.29 is 4.74 Å². The molecule has 0 aliphatic carbocycles. The van der Waals surface area contributed by atoms with Crippen LogP contribution in [-0.2, 0) is 6.42 Å². The number of aryl methyl sites for hydroxylation is 2. The molecule has 2 aromatic rings. The first kappa shape index (κ1) is 14.5. The molecule has 0 bridgehead atoms. The first-order valence-electron chi connectivity index (χ1n) is 6.97. The van der Waals surface area contributed by atoms with Gasteiger partial charge in [-0.15, -0.1) is 0 Å². The lowest BCUT2D eigenvalue weighted by Gasteiger charge is -2.16. The normalized spacial score (nSPS) is 12.2. The Labute approximate surface area is 120 Å². The van der Waals surface area contributed by atoms with E-state index in [1.54, 1.807) is 0 Å². The van der Waals surface area contributed by atoms with E-state index in [2.05, 4.69) is 17.1 Å². The van der Waals surface area contributed by atoms with Crippen LogP contribution in [0.15, 0.2) is 30.3 Å². The summed E-state index contributed by atoms with van der Waals surface area (Å²) < 4.78 is 5.45. The van der Waals surface area contributed by atoms with Crippen LogP contribution in [0.1, 0.15) is 42.4 Å². The van der Waals surface area contributed by atoms with E-state index in [9.17, 15) is 0 Å². The van der Waals surface area contributed by atoms with Crippen LogP contribution < -0.4 is 10.5 Å². The van der Waals surface area contributed by atoms with Gasteiger partial charge in [0.15, 0.2) is 0 Å². The molecular weight excluding hydrogens is 250 g/mol. The van der Waals surface area contributed by atoms with Gasteiger partial charge >= 0.3 is 0 Å². The van der Waals surface area contributed by atoms with Gasteiger partial charge < -0.3 is 10.5 Å². The molecule has 0 saturated carbocycles. The lowest BCUT2D eigenvalue weighted by Crippen LogP contribution is -2.16. The van der Waals surface area contributed by atoms with Gasteiger partial charge in [0, 0.05) is 0 Å². The van der Waals surface area contributed by atoms with E-state index >= 15 is 0 Å². The fraction of sp³-hybridized carbons (Fsp3) is 0.375. The summed E-state index contributed by atoms with van der Waals surface area (Å²) in [6.45, 7) is 6.63. The van der Waals surface area contributed by atoms with Gasteiger partial charge in [-0.3, -0.25) is 0 Å². The molecule has 1 aromatic carbocycles. The Morgan fingerprint density at radius 1 is 1.15 bits per heavy atom. The molecule has 4 heteroatoms. The minimum atomic E-state index is -0.185. The first-order chi connectivity index (χ1) is 9.65. The molecule has 0 aliphatic rings. The highest BCUT2D eigenvalue weighted by Crippen LogP contribution is 2.24. The largest absolute Gasteiger partial charge is 0.494 e. The van der Waals surface area contributed by atoms with Crippen molar-refractivity contribution in [2.24, 2.45) is 5.73 Å². The molecule has 0 amide bonds. The average molecular weight is 271 g/mol. The quantitative estimate of drug-likeness (QED) is 0.908. The number of benzene rings is 1. The van der Waals surface area contributed by atoms with E-state index in [-0.39, 0.29) is 6.04 Å². The van der Waals surface area contributed by atoms with Crippen LogP contribution in [0.25, 0.3) is 0 Å². The summed E-state index contributed by atoms with van der Waals surface area (Å²) in [6.07, 6.45) is 0.827. The Kier molecular flexibility index (Phi) is 4.69. The van der Waals surface area contributed by atoms with Gasteiger partial charge in [-0.2, -0.15) is 10.2 Å². The van der Waals surface area contributed by atoms with Gasteiger partial charge in [-0.05, 0) is 49.6 Å². The van der Waals surface area contributed by atoms with Crippen LogP contribution in [0.4, 0.5) is 0 Å². The maximum atomic E-state index is 6.38. The molecule has 0 fully saturated rings. The Morgan fingerprint density at radius 3 is 2.45 bits per heavy atom. The van der Waals surface area contributed by atoms with Gasteiger partial charge in [0.05, 0.1) is 24.0 Å². The van der Waals surface area contributed by atoms with Crippen molar-refractivity contribution in [2.75, 3.05) is 6.61 Å². The van der Waals surface area contributed by atoms with Crippen molar-refractivity contribution in [1.82, 2.24) is 10.2 Å². The third kappa shape index (κ3) is 3.14. The maximum absolute atomic E-state index is 6.38. The molecule has 1 heterocycles. The highest BCUT2D eigenvalue weighted by atomic mass is 16.5. The maximum Gasteiger partial charge on any atom is 0.119 e. The molecule has 4 nitrogen and oxygen atoms in total. The molecular formula is C16H21N3O. The Morgan fingerprint density at radius 2 is 1.85 bits per heavy atom. The zero-order valence-corrected chi connectivity index (χ0v) is 12.3. The molecule has 1 unspecified atom stereocenters. The van der Waals surface area contributed by atoms with E-state index < -0.39 is 0 Å². The van der Waals surface area contributed by atoms with Gasteiger partial charge in [0.2, 0.25) is 0 Å². The number of aromatic nitrogens is 2. The molecule has 2 rings (SSSR count). The van der Waals surface area contributed by atoms with E-state index in [0.29, 0.717) is 6.61 Å². The van der Waals surface area contributed by atoms with Crippen LogP contribution in [-0.4, -0.2) is 16.8 Å². The standard InChI is InChI=1S/C16H21N3O/c1-4-15-14(10-11(3)18-19-15)16(17)12-6-8-13(9-7-12)20-5-2/h6-10,16H,4-5,17H2,1-3H3. The van der Waals surface area contributed by atoms with Gasteiger partial charge in [-0.25, -0.2) is 0 Å². The number of hydrogen-bond donors (Lipinski definition) is 1. The molecule has 1 atom stereocenters. The summed E-state index contributed by atoms with van der Waals surface area (Å²) in [4.78, 5) is 0. The molecule has 106 valence electrons. The number of hydrogen-bond acceptors (Lipinski definition) is 4. The zero-order chi connectivity index (χ0) is 14.5. The minimum absolute atomic E-state index is 0.185. The monoisotopic (exact) mass is 271 g/mol. The summed E-state index contributed by atoms with van der Waals surface area (Å²) in [7, 11) is 0. The van der Waals surface area contributed by atoms with Gasteiger partial charge in [0.25, 0.3) is 0 Å². The topological polar surface area (TPSA) is 61.0 Å². The van der Waals surface area contributed by atoms with Crippen molar-refractivity contribution in [1.29, 1.82) is 0 Å². The average Bonchev–Trinajstić information content (AvgIpc) is 2.47.